The first-order valence-corrected chi connectivity index (χ1v) is 14.2. The summed E-state index contributed by atoms with van der Waals surface area (Å²) >= 11 is 0. The van der Waals surface area contributed by atoms with E-state index in [1.165, 1.54) is 6.07 Å². The smallest absolute Gasteiger partial charge is 0.508 e. The maximum absolute atomic E-state index is 13.2. The molecule has 3 N–H and O–H groups in total. The van der Waals surface area contributed by atoms with E-state index in [4.69, 9.17) is 14.1 Å². The van der Waals surface area contributed by atoms with Crippen LogP contribution in [-0.4, -0.2) is 63.2 Å². The molecule has 2 aliphatic rings. The monoisotopic (exact) mass is 550 g/mol. The number of carbonyl (C=O) groups excluding carboxylic acids is 2. The summed E-state index contributed by atoms with van der Waals surface area (Å²) in [5.41, 5.74) is 0.220. The van der Waals surface area contributed by atoms with Crippen molar-refractivity contribution in [1.82, 2.24) is 4.90 Å². The van der Waals surface area contributed by atoms with Crippen molar-refractivity contribution < 1.29 is 43.1 Å². The molecule has 3 rings (SSSR count). The Labute approximate surface area is 222 Å². The van der Waals surface area contributed by atoms with Gasteiger partial charge >= 0.3 is 13.8 Å². The van der Waals surface area contributed by atoms with Gasteiger partial charge in [-0.3, -0.25) is 14.6 Å². The van der Waals surface area contributed by atoms with Crippen molar-refractivity contribution in [2.24, 2.45) is 11.1 Å². The van der Waals surface area contributed by atoms with Crippen molar-refractivity contribution >= 4 is 25.4 Å². The number of esters is 1. The van der Waals surface area contributed by atoms with Crippen LogP contribution in [0.5, 0.6) is 11.5 Å². The van der Waals surface area contributed by atoms with E-state index in [2.05, 4.69) is 5.16 Å². The molecule has 0 aliphatic carbocycles. The Bertz CT molecular complexity index is 1140. The zero-order valence-corrected chi connectivity index (χ0v) is 22.5. The van der Waals surface area contributed by atoms with Crippen LogP contribution in [0.3, 0.4) is 0 Å². The molecule has 1 fully saturated rings. The molecule has 0 saturated carbocycles. The molecule has 2 atom stereocenters. The number of phosphoric acid groups is 1. The van der Waals surface area contributed by atoms with Crippen LogP contribution in [0.1, 0.15) is 61.9 Å². The Kier molecular flexibility index (Phi) is 10.5. The van der Waals surface area contributed by atoms with E-state index in [9.17, 15) is 29.0 Å². The topological polar surface area (TPSA) is 155 Å². The number of phenols is 1. The van der Waals surface area contributed by atoms with E-state index >= 15 is 0 Å². The quantitative estimate of drug-likeness (QED) is 0.214. The van der Waals surface area contributed by atoms with E-state index in [-0.39, 0.29) is 41.7 Å². The third kappa shape index (κ3) is 9.31. The number of rotatable bonds is 5. The predicted octanol–water partition coefficient (Wildman–Crippen LogP) is 3.88. The number of oxime groups is 1. The highest BCUT2D eigenvalue weighted by Gasteiger charge is 2.28. The molecule has 208 valence electrons. The van der Waals surface area contributed by atoms with Crippen LogP contribution in [0.25, 0.3) is 0 Å². The highest BCUT2D eigenvalue weighted by Crippen LogP contribution is 2.42. The maximum Gasteiger partial charge on any atom is 0.524 e. The fourth-order valence-corrected chi connectivity index (χ4v) is 4.64. The van der Waals surface area contributed by atoms with Gasteiger partial charge in [0, 0.05) is 32.0 Å². The summed E-state index contributed by atoms with van der Waals surface area (Å²) in [6.45, 7) is 4.84. The summed E-state index contributed by atoms with van der Waals surface area (Å²) in [4.78, 5) is 51.5. The first-order valence-electron chi connectivity index (χ1n) is 12.6. The second-order valence-electron chi connectivity index (χ2n) is 9.53. The molecule has 1 saturated heterocycles. The molecule has 0 aromatic heterocycles. The zero-order valence-electron chi connectivity index (χ0n) is 21.6. The number of cyclic esters (lactones) is 1. The number of piperidine rings is 1. The number of phenolic OH excluding ortho intramolecular Hbond substituents is 1. The van der Waals surface area contributed by atoms with Gasteiger partial charge in [0.25, 0.3) is 5.91 Å². The molecule has 0 bridgehead atoms. The minimum absolute atomic E-state index is 0.0800. The standard InChI is InChI=1S/C26H35N2O9P/c1-18-8-6-10-19(2)36-26(31)25-20(15-22(29)16-23(25)37-38(32,33)34)14-21(11-7-9-18)27-35-17-24(30)28-12-4-3-5-13-28/h6-8,11,15-16,18-19,29H,3-5,9-10,12-14,17H2,1-2H3,(H2,32,33,34)/b8-6+,11-7+,27-21-/t18-,19+/m0/s1. The average Bonchev–Trinajstić information content (AvgIpc) is 2.82. The average molecular weight is 551 g/mol. The fourth-order valence-electron chi connectivity index (χ4n) is 4.24. The van der Waals surface area contributed by atoms with Gasteiger partial charge < -0.3 is 24.1 Å². The lowest BCUT2D eigenvalue weighted by atomic mass is 9.99. The van der Waals surface area contributed by atoms with E-state index in [1.807, 2.05) is 25.2 Å². The molecule has 0 radical (unpaired) electrons. The normalized spacial score (nSPS) is 24.1. The lowest BCUT2D eigenvalue weighted by Gasteiger charge is -2.26. The number of benzene rings is 1. The Morgan fingerprint density at radius 3 is 2.61 bits per heavy atom. The minimum atomic E-state index is -5.07. The lowest BCUT2D eigenvalue weighted by Crippen LogP contribution is -2.37. The number of hydrogen-bond donors (Lipinski definition) is 3. The molecule has 2 aliphatic heterocycles. The van der Waals surface area contributed by atoms with E-state index in [0.29, 0.717) is 31.6 Å². The number of fused-ring (bicyclic) bond motifs is 1. The lowest BCUT2D eigenvalue weighted by molar-refractivity contribution is -0.137. The Morgan fingerprint density at radius 1 is 1.16 bits per heavy atom. The number of ether oxygens (including phenoxy) is 1. The van der Waals surface area contributed by atoms with Crippen LogP contribution in [-0.2, 0) is 25.4 Å². The molecule has 0 spiro atoms. The van der Waals surface area contributed by atoms with Crippen molar-refractivity contribution in [3.05, 3.63) is 47.6 Å². The summed E-state index contributed by atoms with van der Waals surface area (Å²) in [5.74, 6) is -1.76. The fraction of sp³-hybridized carbons (Fsp3) is 0.500. The highest BCUT2D eigenvalue weighted by atomic mass is 31.2. The van der Waals surface area contributed by atoms with Crippen LogP contribution < -0.4 is 4.52 Å². The minimum Gasteiger partial charge on any atom is -0.508 e. The van der Waals surface area contributed by atoms with Gasteiger partial charge in [0.1, 0.15) is 23.2 Å². The SMILES string of the molecule is C[C@@H]1C/C=C/[C@H](C)C/C=C/C(=N/OCC(=O)N2CCCCC2)Cc2cc(O)cc(OP(=O)(O)O)c2C(=O)O1. The van der Waals surface area contributed by atoms with Crippen molar-refractivity contribution in [2.45, 2.75) is 58.5 Å². The second-order valence-corrected chi connectivity index (χ2v) is 10.7. The largest absolute Gasteiger partial charge is 0.524 e. The third-order valence-electron chi connectivity index (χ3n) is 6.10. The van der Waals surface area contributed by atoms with Crippen molar-refractivity contribution in [1.29, 1.82) is 0 Å². The van der Waals surface area contributed by atoms with Gasteiger partial charge in [0.15, 0.2) is 6.61 Å². The van der Waals surface area contributed by atoms with E-state index in [1.54, 1.807) is 17.9 Å². The molecule has 1 aromatic rings. The van der Waals surface area contributed by atoms with E-state index in [0.717, 1.165) is 25.3 Å². The number of likely N-dealkylation sites (tertiary alicyclic amines) is 1. The highest BCUT2D eigenvalue weighted by molar-refractivity contribution is 7.46. The van der Waals surface area contributed by atoms with Gasteiger partial charge in [-0.15, -0.1) is 0 Å². The first kappa shape index (κ1) is 29.4. The van der Waals surface area contributed by atoms with Gasteiger partial charge in [-0.25, -0.2) is 9.36 Å². The van der Waals surface area contributed by atoms with Gasteiger partial charge in [-0.2, -0.15) is 0 Å². The second kappa shape index (κ2) is 13.6. The zero-order chi connectivity index (χ0) is 27.7. The van der Waals surface area contributed by atoms with Crippen LogP contribution >= 0.6 is 7.82 Å². The number of carbonyl (C=O) groups is 2. The number of nitrogens with zero attached hydrogens (tertiary/aromatic N) is 2. The van der Waals surface area contributed by atoms with Crippen LogP contribution in [0.2, 0.25) is 0 Å². The predicted molar refractivity (Wildman–Crippen MR) is 140 cm³/mol. The summed E-state index contributed by atoms with van der Waals surface area (Å²) in [6, 6.07) is 2.21. The summed E-state index contributed by atoms with van der Waals surface area (Å²) in [5, 5.41) is 14.4. The van der Waals surface area contributed by atoms with Crippen LogP contribution in [0.15, 0.2) is 41.6 Å². The first-order chi connectivity index (χ1) is 18.0. The molecular formula is C26H35N2O9P. The molecule has 2 heterocycles. The number of allylic oxidation sites excluding steroid dienone is 3. The molecule has 0 unspecified atom stereocenters. The van der Waals surface area contributed by atoms with Crippen LogP contribution in [0, 0.1) is 5.92 Å². The maximum atomic E-state index is 13.2. The molecule has 1 aromatic carbocycles. The molecule has 1 amide bonds. The Morgan fingerprint density at radius 2 is 1.89 bits per heavy atom. The molecular weight excluding hydrogens is 515 g/mol. The molecule has 11 nitrogen and oxygen atoms in total. The summed E-state index contributed by atoms with van der Waals surface area (Å²) < 4.78 is 21.9. The van der Waals surface area contributed by atoms with Gasteiger partial charge in [0.2, 0.25) is 0 Å². The number of phosphoric ester groups is 1. The Balaban J connectivity index is 1.96. The summed E-state index contributed by atoms with van der Waals surface area (Å²) in [6.07, 6.45) is 11.0. The van der Waals surface area contributed by atoms with Crippen LogP contribution in [0.4, 0.5) is 0 Å². The third-order valence-corrected chi connectivity index (χ3v) is 6.53. The molecule has 38 heavy (non-hydrogen) atoms. The van der Waals surface area contributed by atoms with E-state index < -0.39 is 25.6 Å². The van der Waals surface area contributed by atoms with Gasteiger partial charge in [-0.1, -0.05) is 30.3 Å². The van der Waals surface area contributed by atoms with Gasteiger partial charge in [0.05, 0.1) is 5.71 Å². The number of aromatic hydroxyl groups is 1. The Hall–Kier alpha value is -3.14. The number of amides is 1. The van der Waals surface area contributed by atoms with Crippen molar-refractivity contribution in [2.75, 3.05) is 19.7 Å². The molecule has 12 heteroatoms. The van der Waals surface area contributed by atoms with Crippen molar-refractivity contribution in [3.63, 3.8) is 0 Å². The van der Waals surface area contributed by atoms with Crippen molar-refractivity contribution in [3.8, 4) is 11.5 Å². The number of hydrogen-bond acceptors (Lipinski definition) is 8. The summed E-state index contributed by atoms with van der Waals surface area (Å²) in [7, 11) is -5.07. The van der Waals surface area contributed by atoms with Gasteiger partial charge in [-0.05, 0) is 56.2 Å².